The van der Waals surface area contributed by atoms with Gasteiger partial charge in [0.1, 0.15) is 18.5 Å². The van der Waals surface area contributed by atoms with Gasteiger partial charge >= 0.3 is 0 Å². The van der Waals surface area contributed by atoms with Crippen LogP contribution >= 0.6 is 0 Å². The molecule has 0 aliphatic rings. The lowest BCUT2D eigenvalue weighted by molar-refractivity contribution is 0.0534. The minimum atomic E-state index is -0.878. The normalized spacial score (nSPS) is 13.6. The number of rotatable bonds is 10. The minimum absolute atomic E-state index is 0.0716. The van der Waals surface area contributed by atoms with Crippen molar-refractivity contribution in [2.75, 3.05) is 13.2 Å². The zero-order valence-electron chi connectivity index (χ0n) is 19.8. The van der Waals surface area contributed by atoms with Crippen LogP contribution in [-0.4, -0.2) is 40.2 Å². The Morgan fingerprint density at radius 1 is 0.968 bits per heavy atom. The second-order valence-corrected chi connectivity index (χ2v) is 8.98. The SMILES string of the molecule is CCC(CC)(c1ccc(C=CC(C)(C)O)c(C)c1)c1ccc(OC[C@@H](O)CO)c(C)c1. The van der Waals surface area contributed by atoms with E-state index in [2.05, 4.69) is 51.1 Å². The van der Waals surface area contributed by atoms with Gasteiger partial charge in [-0.1, -0.05) is 56.3 Å². The van der Waals surface area contributed by atoms with Crippen LogP contribution in [-0.2, 0) is 5.41 Å². The Balaban J connectivity index is 2.41. The molecule has 0 unspecified atom stereocenters. The summed E-state index contributed by atoms with van der Waals surface area (Å²) in [4.78, 5) is 0. The Kier molecular flexibility index (Phi) is 8.47. The molecule has 31 heavy (non-hydrogen) atoms. The molecule has 0 aromatic heterocycles. The molecule has 4 heteroatoms. The van der Waals surface area contributed by atoms with Crippen molar-refractivity contribution in [1.29, 1.82) is 0 Å². The average molecular weight is 427 g/mol. The van der Waals surface area contributed by atoms with Gasteiger partial charge in [0.15, 0.2) is 0 Å². The fraction of sp³-hybridized carbons (Fsp3) is 0.481. The van der Waals surface area contributed by atoms with Crippen LogP contribution in [0.1, 0.15) is 68.4 Å². The third-order valence-electron chi connectivity index (χ3n) is 6.07. The van der Waals surface area contributed by atoms with Crippen LogP contribution in [0.15, 0.2) is 42.5 Å². The largest absolute Gasteiger partial charge is 0.491 e. The highest BCUT2D eigenvalue weighted by Gasteiger charge is 2.31. The van der Waals surface area contributed by atoms with Gasteiger partial charge in [0.25, 0.3) is 0 Å². The van der Waals surface area contributed by atoms with Crippen molar-refractivity contribution in [2.24, 2.45) is 0 Å². The fourth-order valence-electron chi connectivity index (χ4n) is 4.03. The molecule has 4 nitrogen and oxygen atoms in total. The highest BCUT2D eigenvalue weighted by Crippen LogP contribution is 2.41. The van der Waals surface area contributed by atoms with Gasteiger partial charge in [0, 0.05) is 5.41 Å². The van der Waals surface area contributed by atoms with Crippen LogP contribution < -0.4 is 4.74 Å². The van der Waals surface area contributed by atoms with Crippen molar-refractivity contribution in [3.05, 3.63) is 70.3 Å². The lowest BCUT2D eigenvalue weighted by Gasteiger charge is -2.34. The van der Waals surface area contributed by atoms with Gasteiger partial charge in [-0.25, -0.2) is 0 Å². The van der Waals surface area contributed by atoms with Crippen molar-refractivity contribution in [2.45, 2.75) is 71.5 Å². The number of benzene rings is 2. The topological polar surface area (TPSA) is 69.9 Å². The second-order valence-electron chi connectivity index (χ2n) is 8.98. The average Bonchev–Trinajstić information content (AvgIpc) is 2.72. The molecule has 0 amide bonds. The molecule has 0 bridgehead atoms. The van der Waals surface area contributed by atoms with E-state index in [0.717, 1.165) is 29.7 Å². The van der Waals surface area contributed by atoms with E-state index in [4.69, 9.17) is 9.84 Å². The molecule has 3 N–H and O–H groups in total. The van der Waals surface area contributed by atoms with Crippen molar-refractivity contribution >= 4 is 6.08 Å². The minimum Gasteiger partial charge on any atom is -0.491 e. The quantitative estimate of drug-likeness (QED) is 0.504. The van der Waals surface area contributed by atoms with Crippen molar-refractivity contribution < 1.29 is 20.1 Å². The highest BCUT2D eigenvalue weighted by atomic mass is 16.5. The van der Waals surface area contributed by atoms with Gasteiger partial charge in [-0.05, 0) is 74.4 Å². The molecule has 0 fully saturated rings. The molecular weight excluding hydrogens is 388 g/mol. The van der Waals surface area contributed by atoms with E-state index in [1.165, 1.54) is 16.7 Å². The molecule has 0 saturated heterocycles. The van der Waals surface area contributed by atoms with Crippen molar-refractivity contribution in [3.63, 3.8) is 0 Å². The van der Waals surface area contributed by atoms with E-state index < -0.39 is 11.7 Å². The number of aliphatic hydroxyl groups excluding tert-OH is 2. The van der Waals surface area contributed by atoms with E-state index in [0.29, 0.717) is 0 Å². The highest BCUT2D eigenvalue weighted by molar-refractivity contribution is 5.57. The molecule has 0 radical (unpaired) electrons. The lowest BCUT2D eigenvalue weighted by atomic mass is 9.70. The number of aryl methyl sites for hydroxylation is 2. The second kappa shape index (κ2) is 10.4. The van der Waals surface area contributed by atoms with Gasteiger partial charge in [0.2, 0.25) is 0 Å². The summed E-state index contributed by atoms with van der Waals surface area (Å²) in [6.45, 7) is 11.9. The summed E-state index contributed by atoms with van der Waals surface area (Å²) in [5, 5.41) is 28.5. The van der Waals surface area contributed by atoms with Gasteiger partial charge in [-0.2, -0.15) is 0 Å². The summed E-state index contributed by atoms with van der Waals surface area (Å²) in [6, 6.07) is 12.8. The summed E-state index contributed by atoms with van der Waals surface area (Å²) in [5.74, 6) is 0.723. The Morgan fingerprint density at radius 3 is 2.03 bits per heavy atom. The number of ether oxygens (including phenoxy) is 1. The Morgan fingerprint density at radius 2 is 1.55 bits per heavy atom. The molecule has 1 atom stereocenters. The maximum atomic E-state index is 9.99. The zero-order valence-corrected chi connectivity index (χ0v) is 19.8. The van der Waals surface area contributed by atoms with Crippen LogP contribution in [0, 0.1) is 13.8 Å². The van der Waals surface area contributed by atoms with E-state index >= 15 is 0 Å². The number of aliphatic hydroxyl groups is 3. The predicted octanol–water partition coefficient (Wildman–Crippen LogP) is 4.93. The van der Waals surface area contributed by atoms with Gasteiger partial charge in [-0.3, -0.25) is 0 Å². The van der Waals surface area contributed by atoms with Crippen LogP contribution in [0.25, 0.3) is 6.08 Å². The van der Waals surface area contributed by atoms with Gasteiger partial charge < -0.3 is 20.1 Å². The molecule has 170 valence electrons. The molecule has 0 spiro atoms. The van der Waals surface area contributed by atoms with Crippen molar-refractivity contribution in [1.82, 2.24) is 0 Å². The van der Waals surface area contributed by atoms with Crippen LogP contribution in [0.2, 0.25) is 0 Å². The Labute approximate surface area is 187 Å². The zero-order chi connectivity index (χ0) is 23.2. The first kappa shape index (κ1) is 25.1. The number of hydrogen-bond donors (Lipinski definition) is 3. The fourth-order valence-corrected chi connectivity index (χ4v) is 4.03. The third kappa shape index (κ3) is 6.19. The Hall–Kier alpha value is -2.14. The smallest absolute Gasteiger partial charge is 0.122 e. The molecule has 2 rings (SSSR count). The number of hydrogen-bond acceptors (Lipinski definition) is 4. The summed E-state index contributed by atoms with van der Waals surface area (Å²) >= 11 is 0. The summed E-state index contributed by atoms with van der Waals surface area (Å²) < 4.78 is 5.68. The van der Waals surface area contributed by atoms with Crippen LogP contribution in [0.5, 0.6) is 5.75 Å². The first-order valence-electron chi connectivity index (χ1n) is 11.1. The van der Waals surface area contributed by atoms with Crippen molar-refractivity contribution in [3.8, 4) is 5.75 Å². The van der Waals surface area contributed by atoms with E-state index in [-0.39, 0.29) is 18.6 Å². The first-order valence-corrected chi connectivity index (χ1v) is 11.1. The van der Waals surface area contributed by atoms with Gasteiger partial charge in [-0.15, -0.1) is 0 Å². The van der Waals surface area contributed by atoms with E-state index in [1.807, 2.05) is 25.1 Å². The lowest BCUT2D eigenvalue weighted by Crippen LogP contribution is -2.26. The molecule has 0 saturated carbocycles. The third-order valence-corrected chi connectivity index (χ3v) is 6.07. The molecule has 0 heterocycles. The summed E-state index contributed by atoms with van der Waals surface area (Å²) in [7, 11) is 0. The molecule has 2 aromatic carbocycles. The van der Waals surface area contributed by atoms with Gasteiger partial charge in [0.05, 0.1) is 12.2 Å². The summed E-state index contributed by atoms with van der Waals surface area (Å²) in [5.41, 5.74) is 4.86. The standard InChI is InChI=1S/C27H38O4/c1-7-27(8-2,22-10-9-21(19(3)15-22)13-14-26(5,6)30)23-11-12-25(20(4)16-23)31-18-24(29)17-28/h9-16,24,28-30H,7-8,17-18H2,1-6H3/t24-/m0/s1. The predicted molar refractivity (Wildman–Crippen MR) is 128 cm³/mol. The Bertz CT molecular complexity index is 889. The van der Waals surface area contributed by atoms with Crippen LogP contribution in [0.3, 0.4) is 0 Å². The molecule has 0 aliphatic carbocycles. The van der Waals surface area contributed by atoms with E-state index in [9.17, 15) is 10.2 Å². The monoisotopic (exact) mass is 426 g/mol. The van der Waals surface area contributed by atoms with Crippen LogP contribution in [0.4, 0.5) is 0 Å². The molecule has 2 aromatic rings. The maximum Gasteiger partial charge on any atom is 0.122 e. The molecular formula is C27H38O4. The maximum absolute atomic E-state index is 9.99. The van der Waals surface area contributed by atoms with E-state index in [1.54, 1.807) is 13.8 Å². The summed E-state index contributed by atoms with van der Waals surface area (Å²) in [6.07, 6.45) is 4.85. The first-order chi connectivity index (χ1) is 14.6. The molecule has 0 aliphatic heterocycles.